The maximum Gasteiger partial charge on any atom is 0.343 e. The van der Waals surface area contributed by atoms with Crippen molar-refractivity contribution in [2.45, 2.75) is 18.8 Å². The molecule has 2 N–H and O–H groups in total. The molecule has 2 rings (SSSR count). The van der Waals surface area contributed by atoms with Gasteiger partial charge < -0.3 is 10.3 Å². The summed E-state index contributed by atoms with van der Waals surface area (Å²) in [6.45, 7) is 0. The number of aromatic nitrogens is 2. The summed E-state index contributed by atoms with van der Waals surface area (Å²) in [6.07, 6.45) is 2.74. The van der Waals surface area contributed by atoms with E-state index in [1.54, 1.807) is 0 Å². The molecule has 0 saturated heterocycles. The fourth-order valence-corrected chi connectivity index (χ4v) is 1.23. The summed E-state index contributed by atoms with van der Waals surface area (Å²) in [5.41, 5.74) is -1.44. The third-order valence-corrected chi connectivity index (χ3v) is 2.14. The molecule has 1 aliphatic carbocycles. The predicted octanol–water partition coefficient (Wildman–Crippen LogP) is 0.0562. The van der Waals surface area contributed by atoms with Crippen LogP contribution in [0.3, 0.4) is 0 Å². The van der Waals surface area contributed by atoms with Gasteiger partial charge in [-0.1, -0.05) is 0 Å². The monoisotopic (exact) mass is 196 g/mol. The Morgan fingerprint density at radius 3 is 2.71 bits per heavy atom. The van der Waals surface area contributed by atoms with Crippen LogP contribution in [0.5, 0.6) is 0 Å². The largest absolute Gasteiger partial charge is 0.477 e. The Balaban J connectivity index is 2.56. The lowest BCUT2D eigenvalue weighted by atomic mass is 10.3. The first kappa shape index (κ1) is 8.74. The Morgan fingerprint density at radius 2 is 2.21 bits per heavy atom. The van der Waals surface area contributed by atoms with E-state index in [0.717, 1.165) is 19.0 Å². The van der Waals surface area contributed by atoms with Gasteiger partial charge in [-0.15, -0.1) is 4.73 Å². The Hall–Kier alpha value is -1.85. The minimum Gasteiger partial charge on any atom is -0.477 e. The van der Waals surface area contributed by atoms with Gasteiger partial charge in [-0.05, 0) is 12.8 Å². The molecule has 74 valence electrons. The average molecular weight is 196 g/mol. The third-order valence-electron chi connectivity index (χ3n) is 2.14. The van der Waals surface area contributed by atoms with E-state index in [0.29, 0.717) is 4.73 Å². The number of hydrogen-bond donors (Lipinski definition) is 2. The van der Waals surface area contributed by atoms with Crippen LogP contribution in [0, 0.1) is 0 Å². The fraction of sp³-hybridized carbons (Fsp3) is 0.375. The second-order valence-corrected chi connectivity index (χ2v) is 3.23. The van der Waals surface area contributed by atoms with E-state index in [2.05, 4.69) is 4.98 Å². The second-order valence-electron chi connectivity index (χ2n) is 3.23. The first-order valence-corrected chi connectivity index (χ1v) is 4.15. The first-order chi connectivity index (χ1) is 6.61. The highest BCUT2D eigenvalue weighted by molar-refractivity contribution is 5.86. The summed E-state index contributed by atoms with van der Waals surface area (Å²) in [7, 11) is 0. The van der Waals surface area contributed by atoms with Gasteiger partial charge in [0.15, 0.2) is 5.82 Å². The zero-order chi connectivity index (χ0) is 10.3. The van der Waals surface area contributed by atoms with Crippen LogP contribution < -0.4 is 5.56 Å². The van der Waals surface area contributed by atoms with Crippen molar-refractivity contribution in [3.63, 3.8) is 0 Å². The normalized spacial score (nSPS) is 15.4. The molecule has 0 amide bonds. The van der Waals surface area contributed by atoms with E-state index in [1.807, 2.05) is 0 Å². The molecule has 0 spiro atoms. The van der Waals surface area contributed by atoms with Gasteiger partial charge in [0, 0.05) is 12.1 Å². The highest BCUT2D eigenvalue weighted by Gasteiger charge is 2.29. The van der Waals surface area contributed by atoms with E-state index in [1.165, 1.54) is 0 Å². The molecule has 1 aromatic rings. The van der Waals surface area contributed by atoms with E-state index in [9.17, 15) is 14.8 Å². The SMILES string of the molecule is O=C(O)c1cnc(C2CC2)n(O)c1=O. The van der Waals surface area contributed by atoms with E-state index < -0.39 is 17.1 Å². The Bertz CT molecular complexity index is 447. The van der Waals surface area contributed by atoms with Crippen LogP contribution in [0.4, 0.5) is 0 Å². The fourth-order valence-electron chi connectivity index (χ4n) is 1.23. The molecule has 0 bridgehead atoms. The van der Waals surface area contributed by atoms with Gasteiger partial charge in [0.1, 0.15) is 5.56 Å². The molecule has 6 heteroatoms. The summed E-state index contributed by atoms with van der Waals surface area (Å²) in [6, 6.07) is 0. The van der Waals surface area contributed by atoms with Gasteiger partial charge in [0.05, 0.1) is 0 Å². The van der Waals surface area contributed by atoms with Crippen molar-refractivity contribution < 1.29 is 15.1 Å². The standard InChI is InChI=1S/C8H8N2O4/c11-7-5(8(12)13)3-9-6(10(7)14)4-1-2-4/h3-4,14H,1-2H2,(H,12,13). The van der Waals surface area contributed by atoms with E-state index in [-0.39, 0.29) is 11.7 Å². The van der Waals surface area contributed by atoms with Crippen LogP contribution in [0.25, 0.3) is 0 Å². The first-order valence-electron chi connectivity index (χ1n) is 4.15. The van der Waals surface area contributed by atoms with Gasteiger partial charge in [-0.25, -0.2) is 9.78 Å². The quantitative estimate of drug-likeness (QED) is 0.652. The van der Waals surface area contributed by atoms with Crippen LogP contribution in [0.1, 0.15) is 34.9 Å². The Kier molecular flexibility index (Phi) is 1.77. The number of hydrogen-bond acceptors (Lipinski definition) is 4. The molecule has 14 heavy (non-hydrogen) atoms. The van der Waals surface area contributed by atoms with Crippen molar-refractivity contribution in [3.05, 3.63) is 27.9 Å². The number of carbonyl (C=O) groups is 1. The lowest BCUT2D eigenvalue weighted by Gasteiger charge is -2.03. The number of carboxylic acid groups (broad SMARTS) is 1. The van der Waals surface area contributed by atoms with Gasteiger partial charge in [0.25, 0.3) is 0 Å². The van der Waals surface area contributed by atoms with Gasteiger partial charge >= 0.3 is 11.5 Å². The van der Waals surface area contributed by atoms with Crippen molar-refractivity contribution in [1.82, 2.24) is 9.71 Å². The van der Waals surface area contributed by atoms with Crippen molar-refractivity contribution in [2.75, 3.05) is 0 Å². The number of nitrogens with zero attached hydrogens (tertiary/aromatic N) is 2. The zero-order valence-electron chi connectivity index (χ0n) is 7.17. The summed E-state index contributed by atoms with van der Waals surface area (Å²) >= 11 is 0. The van der Waals surface area contributed by atoms with Crippen molar-refractivity contribution >= 4 is 5.97 Å². The lowest BCUT2D eigenvalue weighted by Crippen LogP contribution is -2.28. The molecule has 1 aliphatic rings. The molecule has 1 aromatic heterocycles. The van der Waals surface area contributed by atoms with Crippen molar-refractivity contribution in [3.8, 4) is 0 Å². The van der Waals surface area contributed by atoms with Crippen molar-refractivity contribution in [2.24, 2.45) is 0 Å². The van der Waals surface area contributed by atoms with E-state index in [4.69, 9.17) is 5.11 Å². The lowest BCUT2D eigenvalue weighted by molar-refractivity contribution is 0.0685. The van der Waals surface area contributed by atoms with Gasteiger partial charge in [-0.3, -0.25) is 4.79 Å². The van der Waals surface area contributed by atoms with Crippen molar-refractivity contribution in [1.29, 1.82) is 0 Å². The van der Waals surface area contributed by atoms with Crippen LogP contribution in [0.2, 0.25) is 0 Å². The minimum atomic E-state index is -1.38. The van der Waals surface area contributed by atoms with E-state index >= 15 is 0 Å². The third kappa shape index (κ3) is 1.24. The topological polar surface area (TPSA) is 92.4 Å². The molecule has 1 fully saturated rings. The second kappa shape index (κ2) is 2.83. The Morgan fingerprint density at radius 1 is 1.57 bits per heavy atom. The molecule has 0 aromatic carbocycles. The molecule has 1 saturated carbocycles. The zero-order valence-corrected chi connectivity index (χ0v) is 7.17. The minimum absolute atomic E-state index is 0.0931. The Labute approximate surface area is 78.4 Å². The molecular weight excluding hydrogens is 188 g/mol. The molecule has 0 unspecified atom stereocenters. The summed E-state index contributed by atoms with van der Waals surface area (Å²) in [5, 5.41) is 17.9. The maximum atomic E-state index is 11.3. The number of carboxylic acids is 1. The van der Waals surface area contributed by atoms with Gasteiger partial charge in [-0.2, -0.15) is 0 Å². The molecule has 1 heterocycles. The summed E-state index contributed by atoms with van der Waals surface area (Å²) in [5.74, 6) is -1.04. The maximum absolute atomic E-state index is 11.3. The molecule has 0 atom stereocenters. The van der Waals surface area contributed by atoms with Crippen LogP contribution in [0.15, 0.2) is 11.0 Å². The van der Waals surface area contributed by atoms with Crippen LogP contribution in [-0.4, -0.2) is 26.0 Å². The highest BCUT2D eigenvalue weighted by atomic mass is 16.5. The molecule has 0 radical (unpaired) electrons. The highest BCUT2D eigenvalue weighted by Crippen LogP contribution is 2.37. The summed E-state index contributed by atoms with van der Waals surface area (Å²) in [4.78, 5) is 25.5. The predicted molar refractivity (Wildman–Crippen MR) is 44.6 cm³/mol. The molecule has 6 nitrogen and oxygen atoms in total. The molecule has 0 aliphatic heterocycles. The number of rotatable bonds is 2. The van der Waals surface area contributed by atoms with Crippen LogP contribution >= 0.6 is 0 Å². The molecular formula is C8H8N2O4. The average Bonchev–Trinajstić information content (AvgIpc) is 2.92. The number of aromatic carboxylic acids is 1. The smallest absolute Gasteiger partial charge is 0.343 e. The van der Waals surface area contributed by atoms with Crippen LogP contribution in [-0.2, 0) is 0 Å². The summed E-state index contributed by atoms with van der Waals surface area (Å²) < 4.78 is 0.334. The van der Waals surface area contributed by atoms with Gasteiger partial charge in [0.2, 0.25) is 0 Å².